The molecule has 0 bridgehead atoms. The average molecular weight is 442 g/mol. The molecule has 0 saturated heterocycles. The topological polar surface area (TPSA) is 98.5 Å². The number of nitrogens with zero attached hydrogens (tertiary/aromatic N) is 6. The van der Waals surface area contributed by atoms with E-state index in [4.69, 9.17) is 0 Å². The number of carbonyl (C=O) groups is 1. The van der Waals surface area contributed by atoms with Crippen LogP contribution in [0.5, 0.6) is 0 Å². The quantitative estimate of drug-likeness (QED) is 0.463. The lowest BCUT2D eigenvalue weighted by Crippen LogP contribution is -2.27. The molecule has 1 aromatic carbocycles. The average Bonchev–Trinajstić information content (AvgIpc) is 3.27. The third kappa shape index (κ3) is 5.28. The number of aromatic nitrogens is 6. The number of nitrogens with one attached hydrogen (secondary N) is 1. The van der Waals surface area contributed by atoms with Crippen LogP contribution in [0.1, 0.15) is 54.3 Å². The summed E-state index contributed by atoms with van der Waals surface area (Å²) in [7, 11) is 0. The highest BCUT2D eigenvalue weighted by Crippen LogP contribution is 2.24. The van der Waals surface area contributed by atoms with Crippen molar-refractivity contribution in [3.63, 3.8) is 0 Å². The van der Waals surface area contributed by atoms with Gasteiger partial charge in [0.2, 0.25) is 0 Å². The number of hydrogen-bond donors (Lipinski definition) is 1. The highest BCUT2D eigenvalue weighted by atomic mass is 16.1. The predicted octanol–water partition coefficient (Wildman–Crippen LogP) is 4.12. The molecule has 1 amide bonds. The predicted molar refractivity (Wildman–Crippen MR) is 126 cm³/mol. The molecule has 33 heavy (non-hydrogen) atoms. The van der Waals surface area contributed by atoms with Crippen molar-refractivity contribution in [1.82, 2.24) is 35.0 Å². The first-order valence-corrected chi connectivity index (χ1v) is 10.9. The van der Waals surface area contributed by atoms with E-state index < -0.39 is 0 Å². The molecule has 8 heteroatoms. The Hall–Kier alpha value is -3.94. The van der Waals surface area contributed by atoms with Gasteiger partial charge in [-0.1, -0.05) is 19.9 Å². The van der Waals surface area contributed by atoms with Crippen molar-refractivity contribution < 1.29 is 4.79 Å². The number of carbonyl (C=O) groups excluding carboxylic acids is 1. The Kier molecular flexibility index (Phi) is 6.53. The van der Waals surface area contributed by atoms with E-state index in [9.17, 15) is 4.79 Å². The first-order valence-electron chi connectivity index (χ1n) is 10.9. The van der Waals surface area contributed by atoms with Crippen LogP contribution in [-0.2, 0) is 6.42 Å². The van der Waals surface area contributed by atoms with E-state index in [1.807, 2.05) is 50.4 Å². The number of rotatable bonds is 7. The van der Waals surface area contributed by atoms with Crippen LogP contribution in [0.25, 0.3) is 16.9 Å². The van der Waals surface area contributed by atoms with Crippen LogP contribution in [-0.4, -0.2) is 35.6 Å². The highest BCUT2D eigenvalue weighted by molar-refractivity contribution is 5.96. The molecule has 0 aliphatic heterocycles. The van der Waals surface area contributed by atoms with E-state index >= 15 is 0 Å². The third-order valence-corrected chi connectivity index (χ3v) is 5.22. The Morgan fingerprint density at radius 1 is 1.03 bits per heavy atom. The second-order valence-corrected chi connectivity index (χ2v) is 8.50. The highest BCUT2D eigenvalue weighted by Gasteiger charge is 2.17. The molecule has 4 rings (SSSR count). The minimum absolute atomic E-state index is 0.214. The maximum atomic E-state index is 13.2. The summed E-state index contributed by atoms with van der Waals surface area (Å²) in [4.78, 5) is 30.6. The molecule has 0 radical (unpaired) electrons. The number of pyridine rings is 1. The minimum Gasteiger partial charge on any atom is -0.344 e. The zero-order valence-electron chi connectivity index (χ0n) is 19.2. The van der Waals surface area contributed by atoms with Crippen molar-refractivity contribution in [3.05, 3.63) is 84.1 Å². The van der Waals surface area contributed by atoms with Crippen molar-refractivity contribution in [2.24, 2.45) is 5.92 Å². The van der Waals surface area contributed by atoms with E-state index in [1.165, 1.54) is 0 Å². The molecule has 4 aromatic rings. The SMILES string of the molecule is Cc1ccc(-c2cc(C(=O)NC(C)c3cnccn3)cc(-n3ncnc3CC(C)C)c2)nc1. The fraction of sp³-hybridized carbons (Fsp3) is 0.280. The second-order valence-electron chi connectivity index (χ2n) is 8.50. The van der Waals surface area contributed by atoms with Crippen LogP contribution in [0.15, 0.2) is 61.4 Å². The molecular formula is C25H27N7O. The summed E-state index contributed by atoms with van der Waals surface area (Å²) in [5.74, 6) is 1.05. The lowest BCUT2D eigenvalue weighted by atomic mass is 10.0. The Labute approximate surface area is 193 Å². The third-order valence-electron chi connectivity index (χ3n) is 5.22. The van der Waals surface area contributed by atoms with Crippen molar-refractivity contribution in [2.75, 3.05) is 0 Å². The molecule has 3 aromatic heterocycles. The molecule has 0 aliphatic carbocycles. The molecule has 168 valence electrons. The van der Waals surface area contributed by atoms with Crippen LogP contribution < -0.4 is 5.32 Å². The number of hydrogen-bond acceptors (Lipinski definition) is 6. The van der Waals surface area contributed by atoms with Gasteiger partial charge in [-0.05, 0) is 49.6 Å². The summed E-state index contributed by atoms with van der Waals surface area (Å²) in [6.45, 7) is 8.15. The van der Waals surface area contributed by atoms with Crippen molar-refractivity contribution in [1.29, 1.82) is 0 Å². The van der Waals surface area contributed by atoms with Crippen LogP contribution in [0.4, 0.5) is 0 Å². The number of aryl methyl sites for hydroxylation is 1. The van der Waals surface area contributed by atoms with Gasteiger partial charge in [-0.15, -0.1) is 0 Å². The largest absolute Gasteiger partial charge is 0.344 e. The van der Waals surface area contributed by atoms with Crippen molar-refractivity contribution >= 4 is 5.91 Å². The molecule has 0 aliphatic rings. The molecule has 0 saturated carbocycles. The van der Waals surface area contributed by atoms with Crippen LogP contribution in [0.3, 0.4) is 0 Å². The Morgan fingerprint density at radius 2 is 1.88 bits per heavy atom. The van der Waals surface area contributed by atoms with E-state index in [0.717, 1.165) is 34.8 Å². The number of benzene rings is 1. The minimum atomic E-state index is -0.293. The van der Waals surface area contributed by atoms with Crippen LogP contribution in [0.2, 0.25) is 0 Å². The zero-order chi connectivity index (χ0) is 23.4. The van der Waals surface area contributed by atoms with Gasteiger partial charge in [0.05, 0.1) is 29.3 Å². The van der Waals surface area contributed by atoms with Gasteiger partial charge in [0.15, 0.2) is 0 Å². The fourth-order valence-electron chi connectivity index (χ4n) is 3.52. The number of amides is 1. The Balaban J connectivity index is 1.74. The van der Waals surface area contributed by atoms with Gasteiger partial charge >= 0.3 is 0 Å². The van der Waals surface area contributed by atoms with Gasteiger partial charge in [-0.3, -0.25) is 19.7 Å². The van der Waals surface area contributed by atoms with E-state index in [0.29, 0.717) is 17.2 Å². The molecular weight excluding hydrogens is 414 g/mol. The van der Waals surface area contributed by atoms with E-state index in [-0.39, 0.29) is 11.9 Å². The Morgan fingerprint density at radius 3 is 2.58 bits per heavy atom. The summed E-state index contributed by atoms with van der Waals surface area (Å²) < 4.78 is 1.79. The lowest BCUT2D eigenvalue weighted by molar-refractivity contribution is 0.0939. The molecule has 8 nitrogen and oxygen atoms in total. The molecule has 1 unspecified atom stereocenters. The second kappa shape index (κ2) is 9.68. The molecule has 3 heterocycles. The standard InChI is InChI=1S/C25H27N7O/c1-16(2)9-24-29-15-30-32(24)21-11-19(22-6-5-17(3)13-28-22)10-20(12-21)25(33)31-18(4)23-14-26-7-8-27-23/h5-8,10-16,18H,9H2,1-4H3,(H,31,33). The van der Waals surface area contributed by atoms with Crippen molar-refractivity contribution in [2.45, 2.75) is 40.2 Å². The van der Waals surface area contributed by atoms with Crippen LogP contribution >= 0.6 is 0 Å². The maximum absolute atomic E-state index is 13.2. The van der Waals surface area contributed by atoms with Gasteiger partial charge in [0.1, 0.15) is 12.2 Å². The smallest absolute Gasteiger partial charge is 0.251 e. The van der Waals surface area contributed by atoms with Gasteiger partial charge in [-0.25, -0.2) is 9.67 Å². The molecule has 0 fully saturated rings. The molecule has 0 spiro atoms. The summed E-state index contributed by atoms with van der Waals surface area (Å²) >= 11 is 0. The van der Waals surface area contributed by atoms with Crippen LogP contribution in [0, 0.1) is 12.8 Å². The summed E-state index contributed by atoms with van der Waals surface area (Å²) in [5, 5.41) is 7.45. The summed E-state index contributed by atoms with van der Waals surface area (Å²) in [6.07, 6.45) is 9.01. The van der Waals surface area contributed by atoms with Gasteiger partial charge in [0.25, 0.3) is 5.91 Å². The first kappa shape index (κ1) is 22.3. The monoisotopic (exact) mass is 441 g/mol. The maximum Gasteiger partial charge on any atom is 0.251 e. The van der Waals surface area contributed by atoms with E-state index in [2.05, 4.69) is 44.2 Å². The zero-order valence-corrected chi connectivity index (χ0v) is 19.2. The fourth-order valence-corrected chi connectivity index (χ4v) is 3.52. The first-order chi connectivity index (χ1) is 15.9. The van der Waals surface area contributed by atoms with E-state index in [1.54, 1.807) is 29.6 Å². The Bertz CT molecular complexity index is 1230. The summed E-state index contributed by atoms with van der Waals surface area (Å²) in [5.41, 5.74) is 4.64. The summed E-state index contributed by atoms with van der Waals surface area (Å²) in [6, 6.07) is 9.32. The van der Waals surface area contributed by atoms with Gasteiger partial charge in [-0.2, -0.15) is 5.10 Å². The normalized spacial score (nSPS) is 12.0. The molecule has 1 N–H and O–H groups in total. The lowest BCUT2D eigenvalue weighted by Gasteiger charge is -2.15. The van der Waals surface area contributed by atoms with Gasteiger partial charge < -0.3 is 5.32 Å². The van der Waals surface area contributed by atoms with Crippen molar-refractivity contribution in [3.8, 4) is 16.9 Å². The molecule has 1 atom stereocenters. The van der Waals surface area contributed by atoms with Gasteiger partial charge in [0, 0.05) is 36.1 Å².